The fourth-order valence-electron chi connectivity index (χ4n) is 3.65. The van der Waals surface area contributed by atoms with Crippen LogP contribution in [0.15, 0.2) is 5.16 Å². The second-order valence-electron chi connectivity index (χ2n) is 6.76. The molecule has 0 radical (unpaired) electrons. The molecule has 2 N–H and O–H groups in total. The van der Waals surface area contributed by atoms with Crippen LogP contribution in [0.3, 0.4) is 0 Å². The first-order chi connectivity index (χ1) is 12.6. The summed E-state index contributed by atoms with van der Waals surface area (Å²) < 4.78 is 62.1. The van der Waals surface area contributed by atoms with Gasteiger partial charge < -0.3 is 10.7 Å². The van der Waals surface area contributed by atoms with Gasteiger partial charge in [0.15, 0.2) is 9.84 Å². The number of nitrogens with two attached hydrogens (primary N) is 1. The summed E-state index contributed by atoms with van der Waals surface area (Å²) in [5, 5.41) is 6.20. The van der Waals surface area contributed by atoms with Crippen molar-refractivity contribution in [3.8, 4) is 0 Å². The molecule has 1 saturated carbocycles. The second kappa shape index (κ2) is 7.49. The van der Waals surface area contributed by atoms with Crippen molar-refractivity contribution in [2.75, 3.05) is 23.1 Å². The molecule has 1 aliphatic heterocycles. The smallest absolute Gasteiger partial charge is 0.335 e. The van der Waals surface area contributed by atoms with E-state index in [4.69, 9.17) is 5.84 Å². The molecule has 1 amide bonds. The summed E-state index contributed by atoms with van der Waals surface area (Å²) in [6.45, 7) is 0. The molecule has 1 aromatic heterocycles. The van der Waals surface area contributed by atoms with E-state index < -0.39 is 21.8 Å². The van der Waals surface area contributed by atoms with E-state index in [0.29, 0.717) is 11.1 Å². The van der Waals surface area contributed by atoms with Crippen LogP contribution in [0.25, 0.3) is 0 Å². The number of hydrogen-bond donors (Lipinski definition) is 1. The van der Waals surface area contributed by atoms with Gasteiger partial charge in [-0.2, -0.15) is 13.2 Å². The lowest BCUT2D eigenvalue weighted by Gasteiger charge is -2.34. The highest BCUT2D eigenvalue weighted by molar-refractivity contribution is 7.99. The molecule has 1 atom stereocenters. The van der Waals surface area contributed by atoms with E-state index in [2.05, 4.69) is 10.2 Å². The number of aromatic nitrogens is 3. The topological polar surface area (TPSA) is 111 Å². The summed E-state index contributed by atoms with van der Waals surface area (Å²) >= 11 is 0.762. The third kappa shape index (κ3) is 4.50. The minimum absolute atomic E-state index is 0.0297. The summed E-state index contributed by atoms with van der Waals surface area (Å²) in [6.07, 6.45) is -0.810. The van der Waals surface area contributed by atoms with E-state index in [9.17, 15) is 26.4 Å². The van der Waals surface area contributed by atoms with E-state index in [1.807, 2.05) is 0 Å². The predicted molar refractivity (Wildman–Crippen MR) is 92.1 cm³/mol. The molecule has 8 nitrogen and oxygen atoms in total. The zero-order chi connectivity index (χ0) is 19.8. The van der Waals surface area contributed by atoms with Crippen molar-refractivity contribution in [1.29, 1.82) is 0 Å². The molecule has 0 unspecified atom stereocenters. The predicted octanol–water partition coefficient (Wildman–Crippen LogP) is 1.06. The molecule has 27 heavy (non-hydrogen) atoms. The third-order valence-electron chi connectivity index (χ3n) is 4.85. The number of thioether (sulfide) groups is 1. The quantitative estimate of drug-likeness (QED) is 0.552. The van der Waals surface area contributed by atoms with Crippen LogP contribution < -0.4 is 5.84 Å². The van der Waals surface area contributed by atoms with Crippen LogP contribution in [-0.4, -0.2) is 63.4 Å². The number of rotatable bonds is 5. The molecule has 2 aliphatic rings. The maximum absolute atomic E-state index is 12.8. The zero-order valence-corrected chi connectivity index (χ0v) is 16.0. The minimum atomic E-state index is -4.74. The zero-order valence-electron chi connectivity index (χ0n) is 14.4. The largest absolute Gasteiger partial charge is 0.453 e. The van der Waals surface area contributed by atoms with E-state index in [-0.39, 0.29) is 40.4 Å². The second-order valence-corrected chi connectivity index (χ2v) is 9.93. The van der Waals surface area contributed by atoms with Crippen LogP contribution in [0, 0.1) is 0 Å². The van der Waals surface area contributed by atoms with Gasteiger partial charge in [0.2, 0.25) is 11.1 Å². The number of halogens is 3. The standard InChI is InChI=1S/C14H20F3N5O3S2/c15-14(16,17)12-19-20-13(22(12)18)26-7-11(23)21(9-3-1-2-4-9)10-5-6-27(24,25)8-10/h9-10H,1-8,18H2/t10-/m1/s1. The molecule has 2 heterocycles. The minimum Gasteiger partial charge on any atom is -0.335 e. The van der Waals surface area contributed by atoms with Crippen molar-refractivity contribution >= 4 is 27.5 Å². The lowest BCUT2D eigenvalue weighted by molar-refractivity contribution is -0.146. The van der Waals surface area contributed by atoms with Gasteiger partial charge in [0, 0.05) is 12.1 Å². The van der Waals surface area contributed by atoms with E-state index in [0.717, 1.165) is 37.4 Å². The fourth-order valence-corrected chi connectivity index (χ4v) is 6.09. The average molecular weight is 427 g/mol. The lowest BCUT2D eigenvalue weighted by Crippen LogP contribution is -2.47. The Bertz CT molecular complexity index is 805. The Morgan fingerprint density at radius 3 is 2.41 bits per heavy atom. The van der Waals surface area contributed by atoms with Crippen molar-refractivity contribution in [2.45, 2.75) is 55.5 Å². The Hall–Kier alpha value is -1.50. The van der Waals surface area contributed by atoms with Crippen LogP contribution in [0.5, 0.6) is 0 Å². The van der Waals surface area contributed by atoms with Gasteiger partial charge in [0.05, 0.1) is 17.3 Å². The molecule has 1 saturated heterocycles. The van der Waals surface area contributed by atoms with Crippen LogP contribution in [0.1, 0.15) is 37.9 Å². The number of nitrogens with zero attached hydrogens (tertiary/aromatic N) is 4. The maximum Gasteiger partial charge on any atom is 0.453 e. The molecule has 13 heteroatoms. The van der Waals surface area contributed by atoms with Gasteiger partial charge in [-0.05, 0) is 19.3 Å². The van der Waals surface area contributed by atoms with E-state index in [1.165, 1.54) is 0 Å². The van der Waals surface area contributed by atoms with Gasteiger partial charge in [-0.15, -0.1) is 10.2 Å². The van der Waals surface area contributed by atoms with Crippen LogP contribution in [0.4, 0.5) is 13.2 Å². The summed E-state index contributed by atoms with van der Waals surface area (Å²) in [5.41, 5.74) is 0. The molecule has 1 aliphatic carbocycles. The number of alkyl halides is 3. The van der Waals surface area contributed by atoms with Crippen LogP contribution in [0.2, 0.25) is 0 Å². The first-order valence-electron chi connectivity index (χ1n) is 8.50. The van der Waals surface area contributed by atoms with Crippen molar-refractivity contribution in [2.24, 2.45) is 0 Å². The Morgan fingerprint density at radius 2 is 1.89 bits per heavy atom. The average Bonchev–Trinajstić information content (AvgIpc) is 3.26. The number of sulfone groups is 1. The summed E-state index contributed by atoms with van der Waals surface area (Å²) in [5.74, 6) is 3.53. The van der Waals surface area contributed by atoms with E-state index >= 15 is 0 Å². The number of carbonyl (C=O) groups is 1. The fraction of sp³-hybridized carbons (Fsp3) is 0.786. The molecule has 152 valence electrons. The van der Waals surface area contributed by atoms with Crippen LogP contribution in [-0.2, 0) is 20.8 Å². The van der Waals surface area contributed by atoms with Gasteiger partial charge >= 0.3 is 6.18 Å². The van der Waals surface area contributed by atoms with E-state index in [1.54, 1.807) is 4.90 Å². The Morgan fingerprint density at radius 1 is 1.22 bits per heavy atom. The number of hydrogen-bond acceptors (Lipinski definition) is 7. The first kappa shape index (κ1) is 20.2. The molecular formula is C14H20F3N5O3S2. The summed E-state index contributed by atoms with van der Waals surface area (Å²) in [7, 11) is -3.16. The molecule has 3 rings (SSSR count). The Kier molecular flexibility index (Phi) is 5.62. The van der Waals surface area contributed by atoms with Crippen molar-refractivity contribution < 1.29 is 26.4 Å². The highest BCUT2D eigenvalue weighted by Gasteiger charge is 2.40. The Balaban J connectivity index is 1.71. The summed E-state index contributed by atoms with van der Waals surface area (Å²) in [4.78, 5) is 14.4. The van der Waals surface area contributed by atoms with Gasteiger partial charge in [0.25, 0.3) is 5.82 Å². The number of amides is 1. The molecule has 0 spiro atoms. The summed E-state index contributed by atoms with van der Waals surface area (Å²) in [6, 6.07) is -0.412. The van der Waals surface area contributed by atoms with Gasteiger partial charge in [-0.25, -0.2) is 13.1 Å². The van der Waals surface area contributed by atoms with Crippen molar-refractivity contribution in [3.05, 3.63) is 5.82 Å². The molecule has 0 aromatic carbocycles. The highest BCUT2D eigenvalue weighted by Crippen LogP contribution is 2.31. The lowest BCUT2D eigenvalue weighted by atomic mass is 10.1. The van der Waals surface area contributed by atoms with Gasteiger partial charge in [-0.3, -0.25) is 4.79 Å². The number of carbonyl (C=O) groups excluding carboxylic acids is 1. The maximum atomic E-state index is 12.8. The number of nitrogen functional groups attached to an aromatic ring is 1. The first-order valence-corrected chi connectivity index (χ1v) is 11.3. The highest BCUT2D eigenvalue weighted by atomic mass is 32.2. The van der Waals surface area contributed by atoms with Gasteiger partial charge in [0.1, 0.15) is 0 Å². The normalized spacial score (nSPS) is 23.0. The molecule has 1 aromatic rings. The monoisotopic (exact) mass is 427 g/mol. The molecule has 0 bridgehead atoms. The van der Waals surface area contributed by atoms with Gasteiger partial charge in [-0.1, -0.05) is 24.6 Å². The third-order valence-corrected chi connectivity index (χ3v) is 7.53. The SMILES string of the molecule is Nn1c(SCC(=O)N(C2CCCC2)[C@@H]2CCS(=O)(=O)C2)nnc1C(F)(F)F. The van der Waals surface area contributed by atoms with Crippen LogP contribution >= 0.6 is 11.8 Å². The molecule has 2 fully saturated rings. The Labute approximate surface area is 158 Å². The molecular weight excluding hydrogens is 407 g/mol. The van der Waals surface area contributed by atoms with Crippen molar-refractivity contribution in [1.82, 2.24) is 19.8 Å². The van der Waals surface area contributed by atoms with Crippen molar-refractivity contribution in [3.63, 3.8) is 0 Å².